The Balaban J connectivity index is 2.37. The fourth-order valence-electron chi connectivity index (χ4n) is 1.30. The van der Waals surface area contributed by atoms with Crippen LogP contribution < -0.4 is 15.4 Å². The molecule has 0 aliphatic rings. The van der Waals surface area contributed by atoms with E-state index in [1.807, 2.05) is 13.8 Å². The van der Waals surface area contributed by atoms with Crippen molar-refractivity contribution < 1.29 is 14.3 Å². The van der Waals surface area contributed by atoms with Crippen LogP contribution in [0.2, 0.25) is 5.02 Å². The predicted molar refractivity (Wildman–Crippen MR) is 73.5 cm³/mol. The van der Waals surface area contributed by atoms with Gasteiger partial charge in [-0.1, -0.05) is 18.5 Å². The molecule has 0 saturated heterocycles. The summed E-state index contributed by atoms with van der Waals surface area (Å²) < 4.78 is 5.26. The van der Waals surface area contributed by atoms with E-state index < -0.39 is 11.9 Å². The van der Waals surface area contributed by atoms with E-state index >= 15 is 0 Å². The highest BCUT2D eigenvalue weighted by Crippen LogP contribution is 2.20. The predicted octanol–water partition coefficient (Wildman–Crippen LogP) is 2.26. The second-order valence-electron chi connectivity index (χ2n) is 4.00. The summed E-state index contributed by atoms with van der Waals surface area (Å²) in [6, 6.07) is 4.58. The van der Waals surface area contributed by atoms with Crippen LogP contribution >= 0.6 is 11.6 Å². The molecule has 19 heavy (non-hydrogen) atoms. The number of hydrogen-bond donors (Lipinski definition) is 2. The Hall–Kier alpha value is -1.75. The van der Waals surface area contributed by atoms with Crippen LogP contribution in [0.4, 0.5) is 4.79 Å². The zero-order chi connectivity index (χ0) is 14.3. The van der Waals surface area contributed by atoms with Crippen LogP contribution in [0.1, 0.15) is 18.9 Å². The van der Waals surface area contributed by atoms with Crippen molar-refractivity contribution in [2.45, 2.75) is 20.3 Å². The first-order valence-corrected chi connectivity index (χ1v) is 6.37. The summed E-state index contributed by atoms with van der Waals surface area (Å²) >= 11 is 5.87. The molecule has 5 nitrogen and oxygen atoms in total. The zero-order valence-corrected chi connectivity index (χ0v) is 11.7. The van der Waals surface area contributed by atoms with Gasteiger partial charge in [0.25, 0.3) is 5.91 Å². The van der Waals surface area contributed by atoms with Crippen molar-refractivity contribution in [2.24, 2.45) is 0 Å². The molecule has 2 N–H and O–H groups in total. The number of aryl methyl sites for hydroxylation is 1. The van der Waals surface area contributed by atoms with Gasteiger partial charge >= 0.3 is 6.03 Å². The Kier molecular flexibility index (Phi) is 6.15. The summed E-state index contributed by atoms with van der Waals surface area (Å²) in [5, 5.41) is 5.34. The van der Waals surface area contributed by atoms with E-state index in [0.717, 1.165) is 12.0 Å². The highest BCUT2D eigenvalue weighted by molar-refractivity contribution is 6.31. The second kappa shape index (κ2) is 7.63. The van der Waals surface area contributed by atoms with Crippen LogP contribution in [0.15, 0.2) is 18.2 Å². The SMILES string of the molecule is CCCNC(=O)NC(=O)COc1ccc(Cl)c(C)c1. The summed E-state index contributed by atoms with van der Waals surface area (Å²) in [5.74, 6) is 0.0345. The van der Waals surface area contributed by atoms with E-state index in [4.69, 9.17) is 16.3 Å². The van der Waals surface area contributed by atoms with Gasteiger partial charge in [-0.25, -0.2) is 4.79 Å². The minimum absolute atomic E-state index is 0.222. The minimum Gasteiger partial charge on any atom is -0.484 e. The van der Waals surface area contributed by atoms with E-state index in [9.17, 15) is 9.59 Å². The number of nitrogens with one attached hydrogen (secondary N) is 2. The van der Waals surface area contributed by atoms with Crippen molar-refractivity contribution in [2.75, 3.05) is 13.2 Å². The number of carbonyl (C=O) groups is 2. The van der Waals surface area contributed by atoms with Crippen LogP contribution in [0.3, 0.4) is 0 Å². The normalized spacial score (nSPS) is 9.84. The van der Waals surface area contributed by atoms with Gasteiger partial charge in [0.05, 0.1) is 0 Å². The molecule has 0 aromatic heterocycles. The molecule has 0 bridgehead atoms. The van der Waals surface area contributed by atoms with Crippen molar-refractivity contribution in [3.05, 3.63) is 28.8 Å². The number of benzene rings is 1. The van der Waals surface area contributed by atoms with Gasteiger partial charge in [-0.05, 0) is 37.1 Å². The average molecular weight is 285 g/mol. The topological polar surface area (TPSA) is 67.4 Å². The van der Waals surface area contributed by atoms with Gasteiger partial charge in [-0.3, -0.25) is 10.1 Å². The van der Waals surface area contributed by atoms with E-state index in [0.29, 0.717) is 17.3 Å². The summed E-state index contributed by atoms with van der Waals surface area (Å²) in [6.45, 7) is 4.07. The third kappa shape index (κ3) is 5.61. The molecule has 0 aliphatic carbocycles. The number of halogens is 1. The standard InChI is InChI=1S/C13H17ClN2O3/c1-3-6-15-13(18)16-12(17)8-19-10-4-5-11(14)9(2)7-10/h4-5,7H,3,6,8H2,1-2H3,(H2,15,16,17,18). The molecule has 0 unspecified atom stereocenters. The third-order valence-electron chi connectivity index (χ3n) is 2.29. The fraction of sp³-hybridized carbons (Fsp3) is 0.385. The third-order valence-corrected chi connectivity index (χ3v) is 2.71. The Morgan fingerprint density at radius 2 is 2.11 bits per heavy atom. The van der Waals surface area contributed by atoms with Crippen molar-refractivity contribution in [3.63, 3.8) is 0 Å². The Morgan fingerprint density at radius 1 is 1.37 bits per heavy atom. The number of imide groups is 1. The van der Waals surface area contributed by atoms with E-state index in [1.165, 1.54) is 0 Å². The molecule has 1 aromatic rings. The highest BCUT2D eigenvalue weighted by Gasteiger charge is 2.08. The molecule has 0 saturated carbocycles. The first-order valence-electron chi connectivity index (χ1n) is 5.99. The summed E-state index contributed by atoms with van der Waals surface area (Å²) in [4.78, 5) is 22.6. The highest BCUT2D eigenvalue weighted by atomic mass is 35.5. The Labute approximate surface area is 117 Å². The molecule has 6 heteroatoms. The van der Waals surface area contributed by atoms with Crippen LogP contribution in [0.25, 0.3) is 0 Å². The summed E-state index contributed by atoms with van der Waals surface area (Å²) in [6.07, 6.45) is 0.808. The van der Waals surface area contributed by atoms with Crippen molar-refractivity contribution >= 4 is 23.5 Å². The van der Waals surface area contributed by atoms with Gasteiger partial charge in [-0.15, -0.1) is 0 Å². The number of rotatable bonds is 5. The lowest BCUT2D eigenvalue weighted by molar-refractivity contribution is -0.122. The largest absolute Gasteiger partial charge is 0.484 e. The number of carbonyl (C=O) groups excluding carboxylic acids is 2. The molecule has 0 spiro atoms. The lowest BCUT2D eigenvalue weighted by Gasteiger charge is -2.08. The molecule has 0 atom stereocenters. The maximum absolute atomic E-state index is 11.4. The van der Waals surface area contributed by atoms with Gasteiger partial charge in [0.2, 0.25) is 0 Å². The monoisotopic (exact) mass is 284 g/mol. The number of ether oxygens (including phenoxy) is 1. The van der Waals surface area contributed by atoms with Gasteiger partial charge < -0.3 is 10.1 Å². The molecule has 1 aromatic carbocycles. The molecule has 0 heterocycles. The lowest BCUT2D eigenvalue weighted by atomic mass is 10.2. The van der Waals surface area contributed by atoms with Crippen LogP contribution in [0, 0.1) is 6.92 Å². The molecule has 0 aliphatic heterocycles. The molecular weight excluding hydrogens is 268 g/mol. The summed E-state index contributed by atoms with van der Waals surface area (Å²) in [7, 11) is 0. The molecule has 104 valence electrons. The second-order valence-corrected chi connectivity index (χ2v) is 4.41. The van der Waals surface area contributed by atoms with Gasteiger partial charge in [0.1, 0.15) is 5.75 Å². The molecule has 0 radical (unpaired) electrons. The number of urea groups is 1. The molecule has 3 amide bonds. The average Bonchev–Trinajstić information content (AvgIpc) is 2.38. The quantitative estimate of drug-likeness (QED) is 0.871. The van der Waals surface area contributed by atoms with Crippen LogP contribution in [-0.2, 0) is 4.79 Å². The first kappa shape index (κ1) is 15.3. The zero-order valence-electron chi connectivity index (χ0n) is 11.0. The first-order chi connectivity index (χ1) is 9.02. The van der Waals surface area contributed by atoms with Crippen LogP contribution in [0.5, 0.6) is 5.75 Å². The number of hydrogen-bond acceptors (Lipinski definition) is 3. The van der Waals surface area contributed by atoms with Gasteiger partial charge in [0.15, 0.2) is 6.61 Å². The molecule has 1 rings (SSSR count). The fourth-order valence-corrected chi connectivity index (χ4v) is 1.42. The van der Waals surface area contributed by atoms with Gasteiger partial charge in [-0.2, -0.15) is 0 Å². The molecular formula is C13H17ClN2O3. The van der Waals surface area contributed by atoms with Crippen molar-refractivity contribution in [3.8, 4) is 5.75 Å². The smallest absolute Gasteiger partial charge is 0.321 e. The van der Waals surface area contributed by atoms with Crippen molar-refractivity contribution in [1.29, 1.82) is 0 Å². The van der Waals surface area contributed by atoms with Crippen molar-refractivity contribution in [1.82, 2.24) is 10.6 Å². The Bertz CT molecular complexity index is 463. The van der Waals surface area contributed by atoms with E-state index in [2.05, 4.69) is 10.6 Å². The lowest BCUT2D eigenvalue weighted by Crippen LogP contribution is -2.41. The van der Waals surface area contributed by atoms with E-state index in [1.54, 1.807) is 18.2 Å². The van der Waals surface area contributed by atoms with Gasteiger partial charge in [0, 0.05) is 11.6 Å². The maximum Gasteiger partial charge on any atom is 0.321 e. The summed E-state index contributed by atoms with van der Waals surface area (Å²) in [5.41, 5.74) is 0.861. The Morgan fingerprint density at radius 3 is 2.74 bits per heavy atom. The maximum atomic E-state index is 11.4. The number of amides is 3. The van der Waals surface area contributed by atoms with Crippen LogP contribution in [-0.4, -0.2) is 25.1 Å². The molecule has 0 fully saturated rings. The minimum atomic E-state index is -0.511. The van der Waals surface area contributed by atoms with E-state index in [-0.39, 0.29) is 6.61 Å².